The smallest absolute Gasteiger partial charge is 0.159 e. The van der Waals surface area contributed by atoms with Crippen molar-refractivity contribution < 1.29 is 0 Å². The van der Waals surface area contributed by atoms with E-state index in [9.17, 15) is 0 Å². The molecule has 4 heteroatoms. The van der Waals surface area contributed by atoms with Crippen LogP contribution in [-0.2, 0) is 0 Å². The molecule has 3 rings (SSSR count). The summed E-state index contributed by atoms with van der Waals surface area (Å²) in [4.78, 5) is 0. The van der Waals surface area contributed by atoms with E-state index < -0.39 is 0 Å². The maximum atomic E-state index is 5.77. The molecule has 1 heterocycles. The lowest BCUT2D eigenvalue weighted by atomic mass is 10.0. The molecule has 3 aromatic rings. The minimum Gasteiger partial charge on any atom is -0.381 e. The number of nitrogens with one attached hydrogen (secondary N) is 1. The van der Waals surface area contributed by atoms with Crippen molar-refractivity contribution in [3.63, 3.8) is 0 Å². The Labute approximate surface area is 112 Å². The van der Waals surface area contributed by atoms with Crippen LogP contribution in [-0.4, -0.2) is 10.2 Å². The standard InChI is InChI=1S/C13H10IN3/c14-11-12(16-17-13(11)15)10-7-3-5-8-4-1-2-6-9(8)10/h1-7H,(H3,15,16,17). The van der Waals surface area contributed by atoms with E-state index >= 15 is 0 Å². The first-order chi connectivity index (χ1) is 8.27. The lowest BCUT2D eigenvalue weighted by molar-refractivity contribution is 1.10. The summed E-state index contributed by atoms with van der Waals surface area (Å²) in [5.74, 6) is 0.550. The number of hydrogen-bond acceptors (Lipinski definition) is 2. The predicted molar refractivity (Wildman–Crippen MR) is 78.7 cm³/mol. The Morgan fingerprint density at radius 3 is 2.59 bits per heavy atom. The summed E-state index contributed by atoms with van der Waals surface area (Å²) in [6, 6.07) is 14.5. The molecular weight excluding hydrogens is 325 g/mol. The lowest BCUT2D eigenvalue weighted by Gasteiger charge is -2.04. The number of aromatic nitrogens is 2. The highest BCUT2D eigenvalue weighted by atomic mass is 127. The Balaban J connectivity index is 2.34. The number of H-pyrrole nitrogens is 1. The molecule has 0 amide bonds. The van der Waals surface area contributed by atoms with Gasteiger partial charge in [-0.15, -0.1) is 0 Å². The van der Waals surface area contributed by atoms with Crippen molar-refractivity contribution in [2.75, 3.05) is 5.73 Å². The number of anilines is 1. The molecule has 0 fully saturated rings. The zero-order chi connectivity index (χ0) is 11.8. The van der Waals surface area contributed by atoms with Gasteiger partial charge >= 0.3 is 0 Å². The minimum atomic E-state index is 0.550. The average Bonchev–Trinajstić information content (AvgIpc) is 2.69. The molecule has 3 N–H and O–H groups in total. The van der Waals surface area contributed by atoms with Gasteiger partial charge in [0.25, 0.3) is 0 Å². The molecular formula is C13H10IN3. The molecule has 3 nitrogen and oxygen atoms in total. The molecule has 0 aliphatic carbocycles. The molecule has 0 aliphatic heterocycles. The summed E-state index contributed by atoms with van der Waals surface area (Å²) in [6.07, 6.45) is 0. The van der Waals surface area contributed by atoms with Gasteiger partial charge < -0.3 is 5.73 Å². The number of hydrogen-bond donors (Lipinski definition) is 2. The molecule has 1 aromatic heterocycles. The van der Waals surface area contributed by atoms with E-state index in [1.54, 1.807) is 0 Å². The Bertz CT molecular complexity index is 683. The van der Waals surface area contributed by atoms with Crippen LogP contribution in [0.4, 0.5) is 5.82 Å². The van der Waals surface area contributed by atoms with Gasteiger partial charge in [-0.3, -0.25) is 5.10 Å². The Kier molecular flexibility index (Phi) is 2.51. The van der Waals surface area contributed by atoms with Gasteiger partial charge in [-0.2, -0.15) is 5.10 Å². The van der Waals surface area contributed by atoms with Crippen LogP contribution in [0.2, 0.25) is 0 Å². The van der Waals surface area contributed by atoms with Crippen LogP contribution in [0.5, 0.6) is 0 Å². The predicted octanol–water partition coefficient (Wildman–Crippen LogP) is 3.42. The highest BCUT2D eigenvalue weighted by Gasteiger charge is 2.11. The Morgan fingerprint density at radius 2 is 1.82 bits per heavy atom. The Hall–Kier alpha value is -1.56. The van der Waals surface area contributed by atoms with E-state index in [0.717, 1.165) is 14.8 Å². The van der Waals surface area contributed by atoms with Crippen molar-refractivity contribution in [3.05, 3.63) is 46.0 Å². The molecule has 0 spiro atoms. The van der Waals surface area contributed by atoms with E-state index in [2.05, 4.69) is 57.1 Å². The zero-order valence-corrected chi connectivity index (χ0v) is 11.1. The monoisotopic (exact) mass is 335 g/mol. The second-order valence-corrected chi connectivity index (χ2v) is 4.90. The first kappa shape index (κ1) is 10.6. The molecule has 0 saturated carbocycles. The molecule has 84 valence electrons. The highest BCUT2D eigenvalue weighted by Crippen LogP contribution is 2.32. The summed E-state index contributed by atoms with van der Waals surface area (Å²) in [5.41, 5.74) is 7.89. The van der Waals surface area contributed by atoms with E-state index in [0.29, 0.717) is 5.82 Å². The first-order valence-corrected chi connectivity index (χ1v) is 6.32. The largest absolute Gasteiger partial charge is 0.381 e. The van der Waals surface area contributed by atoms with E-state index in [1.165, 1.54) is 10.8 Å². The maximum absolute atomic E-state index is 5.77. The quantitative estimate of drug-likeness (QED) is 0.670. The molecule has 0 saturated heterocycles. The third kappa shape index (κ3) is 1.68. The zero-order valence-electron chi connectivity index (χ0n) is 8.94. The van der Waals surface area contributed by atoms with Crippen molar-refractivity contribution in [2.45, 2.75) is 0 Å². The van der Waals surface area contributed by atoms with Crippen molar-refractivity contribution in [3.8, 4) is 11.3 Å². The van der Waals surface area contributed by atoms with Gasteiger partial charge in [0.2, 0.25) is 0 Å². The van der Waals surface area contributed by atoms with Crippen LogP contribution in [0, 0.1) is 3.57 Å². The number of aromatic amines is 1. The molecule has 0 atom stereocenters. The number of nitrogens with two attached hydrogens (primary N) is 1. The fraction of sp³-hybridized carbons (Fsp3) is 0. The van der Waals surface area contributed by atoms with Gasteiger partial charge in [-0.1, -0.05) is 42.5 Å². The summed E-state index contributed by atoms with van der Waals surface area (Å²) >= 11 is 2.22. The minimum absolute atomic E-state index is 0.550. The highest BCUT2D eigenvalue weighted by molar-refractivity contribution is 14.1. The average molecular weight is 335 g/mol. The van der Waals surface area contributed by atoms with Gasteiger partial charge in [-0.05, 0) is 33.4 Å². The van der Waals surface area contributed by atoms with Gasteiger partial charge in [0.1, 0.15) is 0 Å². The van der Waals surface area contributed by atoms with E-state index in [1.807, 2.05) is 18.2 Å². The van der Waals surface area contributed by atoms with Crippen molar-refractivity contribution in [1.82, 2.24) is 10.2 Å². The van der Waals surface area contributed by atoms with Crippen LogP contribution in [0.25, 0.3) is 22.0 Å². The molecule has 0 radical (unpaired) electrons. The van der Waals surface area contributed by atoms with Crippen LogP contribution in [0.15, 0.2) is 42.5 Å². The molecule has 0 unspecified atom stereocenters. The molecule has 0 aliphatic rings. The number of halogens is 1. The topological polar surface area (TPSA) is 54.7 Å². The fourth-order valence-electron chi connectivity index (χ4n) is 1.96. The fourth-order valence-corrected chi connectivity index (χ4v) is 2.50. The lowest BCUT2D eigenvalue weighted by Crippen LogP contribution is -1.86. The third-order valence-electron chi connectivity index (χ3n) is 2.79. The number of nitrogens with zero attached hydrogens (tertiary/aromatic N) is 1. The summed E-state index contributed by atoms with van der Waals surface area (Å²) in [7, 11) is 0. The van der Waals surface area contributed by atoms with E-state index in [-0.39, 0.29) is 0 Å². The van der Waals surface area contributed by atoms with Gasteiger partial charge in [0, 0.05) is 5.56 Å². The second-order valence-electron chi connectivity index (χ2n) is 3.82. The van der Waals surface area contributed by atoms with Crippen molar-refractivity contribution in [1.29, 1.82) is 0 Å². The van der Waals surface area contributed by atoms with Crippen molar-refractivity contribution in [2.24, 2.45) is 0 Å². The number of benzene rings is 2. The maximum Gasteiger partial charge on any atom is 0.159 e. The van der Waals surface area contributed by atoms with E-state index in [4.69, 9.17) is 5.73 Å². The van der Waals surface area contributed by atoms with Crippen molar-refractivity contribution >= 4 is 39.2 Å². The van der Waals surface area contributed by atoms with Gasteiger partial charge in [-0.25, -0.2) is 0 Å². The van der Waals surface area contributed by atoms with Gasteiger partial charge in [0.15, 0.2) is 5.82 Å². The van der Waals surface area contributed by atoms with Crippen LogP contribution < -0.4 is 5.73 Å². The molecule has 2 aromatic carbocycles. The molecule has 17 heavy (non-hydrogen) atoms. The third-order valence-corrected chi connectivity index (χ3v) is 3.88. The van der Waals surface area contributed by atoms with Gasteiger partial charge in [0.05, 0.1) is 9.26 Å². The normalized spacial score (nSPS) is 10.9. The Morgan fingerprint density at radius 1 is 1.06 bits per heavy atom. The summed E-state index contributed by atoms with van der Waals surface area (Å²) in [5, 5.41) is 9.47. The van der Waals surface area contributed by atoms with Crippen LogP contribution in [0.3, 0.4) is 0 Å². The number of nitrogen functional groups attached to an aromatic ring is 1. The van der Waals surface area contributed by atoms with Crippen LogP contribution in [0.1, 0.15) is 0 Å². The molecule has 0 bridgehead atoms. The summed E-state index contributed by atoms with van der Waals surface area (Å²) in [6.45, 7) is 0. The number of rotatable bonds is 1. The summed E-state index contributed by atoms with van der Waals surface area (Å²) < 4.78 is 0.971. The number of fused-ring (bicyclic) bond motifs is 1. The second kappa shape index (κ2) is 4.03. The van der Waals surface area contributed by atoms with Crippen LogP contribution >= 0.6 is 22.6 Å². The SMILES string of the molecule is Nc1n[nH]c(-c2cccc3ccccc23)c1I. The first-order valence-electron chi connectivity index (χ1n) is 5.25.